The predicted molar refractivity (Wildman–Crippen MR) is 125 cm³/mol. The number of carbonyl (C=O) groups excluding carboxylic acids is 1. The molecule has 10 heteroatoms. The molecule has 10 nitrogen and oxygen atoms in total. The topological polar surface area (TPSA) is 124 Å². The van der Waals surface area contributed by atoms with Gasteiger partial charge in [-0.2, -0.15) is 4.98 Å². The maximum Gasteiger partial charge on any atom is 0.270 e. The van der Waals surface area contributed by atoms with Crippen molar-refractivity contribution in [3.05, 3.63) is 82.0 Å². The van der Waals surface area contributed by atoms with Crippen molar-refractivity contribution in [2.45, 2.75) is 6.54 Å². The van der Waals surface area contributed by atoms with E-state index in [4.69, 9.17) is 9.15 Å². The molecule has 1 aliphatic rings. The Morgan fingerprint density at radius 2 is 1.91 bits per heavy atom. The van der Waals surface area contributed by atoms with Gasteiger partial charge in [0.05, 0.1) is 29.4 Å². The lowest BCUT2D eigenvalue weighted by Gasteiger charge is -2.30. The van der Waals surface area contributed by atoms with Crippen LogP contribution in [-0.4, -0.2) is 47.1 Å². The number of aromatic nitrogens is 2. The summed E-state index contributed by atoms with van der Waals surface area (Å²) in [5.41, 5.74) is 3.62. The van der Waals surface area contributed by atoms with Gasteiger partial charge in [-0.1, -0.05) is 12.1 Å². The Bertz CT molecular complexity index is 1310. The molecule has 1 fully saturated rings. The maximum atomic E-state index is 13.0. The van der Waals surface area contributed by atoms with E-state index in [0.717, 1.165) is 11.1 Å². The van der Waals surface area contributed by atoms with E-state index in [1.807, 2.05) is 35.2 Å². The van der Waals surface area contributed by atoms with Crippen LogP contribution in [0.1, 0.15) is 15.9 Å². The van der Waals surface area contributed by atoms with Gasteiger partial charge >= 0.3 is 0 Å². The Hall–Kier alpha value is -4.31. The molecule has 34 heavy (non-hydrogen) atoms. The third kappa shape index (κ3) is 4.44. The number of pyridine rings is 1. The van der Waals surface area contributed by atoms with E-state index in [-0.39, 0.29) is 23.7 Å². The number of amides is 1. The van der Waals surface area contributed by atoms with E-state index < -0.39 is 4.92 Å². The molecule has 1 aliphatic heterocycles. The van der Waals surface area contributed by atoms with E-state index in [9.17, 15) is 14.9 Å². The molecule has 1 N–H and O–H groups in total. The lowest BCUT2D eigenvalue weighted by Crippen LogP contribution is -2.38. The number of carbonyl (C=O) groups is 1. The normalized spacial score (nSPS) is 13.7. The number of hydrogen-bond acceptors (Lipinski definition) is 8. The Morgan fingerprint density at radius 1 is 1.12 bits per heavy atom. The number of nitrogens with zero attached hydrogens (tertiary/aromatic N) is 4. The van der Waals surface area contributed by atoms with Crippen molar-refractivity contribution >= 4 is 28.5 Å². The molecule has 0 radical (unpaired) electrons. The molecule has 5 rings (SSSR count). The highest BCUT2D eigenvalue weighted by Crippen LogP contribution is 2.27. The molecule has 2 aromatic carbocycles. The van der Waals surface area contributed by atoms with Crippen LogP contribution < -0.4 is 10.2 Å². The van der Waals surface area contributed by atoms with Crippen molar-refractivity contribution < 1.29 is 18.9 Å². The van der Waals surface area contributed by atoms with Crippen molar-refractivity contribution in [3.8, 4) is 11.5 Å². The first-order chi connectivity index (χ1) is 16.6. The molecule has 0 atom stereocenters. The lowest BCUT2D eigenvalue weighted by atomic mass is 10.1. The van der Waals surface area contributed by atoms with Crippen molar-refractivity contribution in [1.82, 2.24) is 15.3 Å². The predicted octanol–water partition coefficient (Wildman–Crippen LogP) is 3.56. The Labute approximate surface area is 194 Å². The van der Waals surface area contributed by atoms with Gasteiger partial charge in [0, 0.05) is 43.5 Å². The smallest absolute Gasteiger partial charge is 0.270 e. The first kappa shape index (κ1) is 21.5. The first-order valence-corrected chi connectivity index (χ1v) is 10.8. The number of benzene rings is 2. The van der Waals surface area contributed by atoms with Crippen LogP contribution in [0.2, 0.25) is 0 Å². The van der Waals surface area contributed by atoms with Gasteiger partial charge in [0.2, 0.25) is 5.89 Å². The molecular weight excluding hydrogens is 438 g/mol. The van der Waals surface area contributed by atoms with Gasteiger partial charge in [-0.25, -0.2) is 4.98 Å². The monoisotopic (exact) mass is 459 g/mol. The second kappa shape index (κ2) is 9.28. The number of anilines is 1. The number of morpholine rings is 1. The number of ether oxygens (including phenoxy) is 1. The molecule has 0 aliphatic carbocycles. The summed E-state index contributed by atoms with van der Waals surface area (Å²) in [6.45, 7) is 2.58. The van der Waals surface area contributed by atoms with Gasteiger partial charge in [0.1, 0.15) is 0 Å². The van der Waals surface area contributed by atoms with Crippen LogP contribution in [0.25, 0.3) is 22.7 Å². The number of oxazole rings is 1. The van der Waals surface area contributed by atoms with Crippen LogP contribution >= 0.6 is 0 Å². The molecule has 1 saturated heterocycles. The third-order valence-electron chi connectivity index (χ3n) is 5.61. The number of rotatable bonds is 6. The second-order valence-electron chi connectivity index (χ2n) is 7.78. The molecule has 0 saturated carbocycles. The summed E-state index contributed by atoms with van der Waals surface area (Å²) in [7, 11) is 0. The Balaban J connectivity index is 1.31. The number of nitrogens with one attached hydrogen (secondary N) is 1. The highest BCUT2D eigenvalue weighted by atomic mass is 16.6. The van der Waals surface area contributed by atoms with Crippen LogP contribution in [0.4, 0.5) is 11.4 Å². The summed E-state index contributed by atoms with van der Waals surface area (Å²) in [4.78, 5) is 34.4. The number of non-ortho nitro benzene ring substituents is 1. The highest BCUT2D eigenvalue weighted by Gasteiger charge is 2.22. The molecule has 3 heterocycles. The number of fused-ring (bicyclic) bond motifs is 1. The summed E-state index contributed by atoms with van der Waals surface area (Å²) in [6, 6.07) is 15.4. The summed E-state index contributed by atoms with van der Waals surface area (Å²) in [5.74, 6) is 0.0929. The van der Waals surface area contributed by atoms with Crippen LogP contribution in [0.3, 0.4) is 0 Å². The fourth-order valence-corrected chi connectivity index (χ4v) is 3.83. The molecule has 172 valence electrons. The fourth-order valence-electron chi connectivity index (χ4n) is 3.83. The van der Waals surface area contributed by atoms with Gasteiger partial charge < -0.3 is 19.4 Å². The minimum absolute atomic E-state index is 0.126. The number of hydrogen-bond donors (Lipinski definition) is 1. The van der Waals surface area contributed by atoms with Gasteiger partial charge in [-0.3, -0.25) is 14.9 Å². The summed E-state index contributed by atoms with van der Waals surface area (Å²) in [5, 5.41) is 14.1. The van der Waals surface area contributed by atoms with E-state index in [1.165, 1.54) is 12.1 Å². The summed E-state index contributed by atoms with van der Waals surface area (Å²) < 4.78 is 11.1. The molecule has 2 aromatic heterocycles. The van der Waals surface area contributed by atoms with Gasteiger partial charge in [0.25, 0.3) is 11.6 Å². The zero-order chi connectivity index (χ0) is 23.5. The van der Waals surface area contributed by atoms with E-state index in [0.29, 0.717) is 49.1 Å². The van der Waals surface area contributed by atoms with Crippen molar-refractivity contribution in [2.24, 2.45) is 0 Å². The van der Waals surface area contributed by atoms with Crippen molar-refractivity contribution in [2.75, 3.05) is 31.2 Å². The quantitative estimate of drug-likeness (QED) is 0.343. The SMILES string of the molecule is O=C(NCc1ccc(-c2nc3ncccc3o2)cc1)c1cc([N+](=O)[O-])ccc1N1CCOCC1. The van der Waals surface area contributed by atoms with E-state index in [1.54, 1.807) is 18.3 Å². The standard InChI is InChI=1S/C24H21N5O5/c30-23(19-14-18(29(31)32)7-8-20(19)28-10-12-33-13-11-28)26-15-16-3-5-17(6-4-16)24-27-22-21(34-24)2-1-9-25-22/h1-9,14H,10-13,15H2,(H,26,30). The Kier molecular flexibility index (Phi) is 5.88. The number of nitro groups is 1. The molecule has 0 spiro atoms. The minimum atomic E-state index is -0.500. The number of nitro benzene ring substituents is 1. The summed E-state index contributed by atoms with van der Waals surface area (Å²) in [6.07, 6.45) is 1.66. The highest BCUT2D eigenvalue weighted by molar-refractivity contribution is 6.00. The third-order valence-corrected chi connectivity index (χ3v) is 5.61. The lowest BCUT2D eigenvalue weighted by molar-refractivity contribution is -0.384. The zero-order valence-corrected chi connectivity index (χ0v) is 18.1. The van der Waals surface area contributed by atoms with Crippen molar-refractivity contribution in [1.29, 1.82) is 0 Å². The molecule has 1 amide bonds. The van der Waals surface area contributed by atoms with Crippen LogP contribution in [0.5, 0.6) is 0 Å². The Morgan fingerprint density at radius 3 is 2.65 bits per heavy atom. The van der Waals surface area contributed by atoms with Gasteiger partial charge in [-0.05, 0) is 35.9 Å². The maximum absolute atomic E-state index is 13.0. The average Bonchev–Trinajstić information content (AvgIpc) is 3.32. The fraction of sp³-hybridized carbons (Fsp3) is 0.208. The minimum Gasteiger partial charge on any atom is -0.434 e. The van der Waals surface area contributed by atoms with Crippen LogP contribution in [-0.2, 0) is 11.3 Å². The second-order valence-corrected chi connectivity index (χ2v) is 7.78. The van der Waals surface area contributed by atoms with E-state index in [2.05, 4.69) is 15.3 Å². The molecule has 4 aromatic rings. The average molecular weight is 459 g/mol. The molecular formula is C24H21N5O5. The van der Waals surface area contributed by atoms with Crippen LogP contribution in [0.15, 0.2) is 65.2 Å². The van der Waals surface area contributed by atoms with Crippen LogP contribution in [0, 0.1) is 10.1 Å². The van der Waals surface area contributed by atoms with Gasteiger partial charge in [-0.15, -0.1) is 0 Å². The molecule has 0 unspecified atom stereocenters. The largest absolute Gasteiger partial charge is 0.434 e. The van der Waals surface area contributed by atoms with Gasteiger partial charge in [0.15, 0.2) is 11.2 Å². The summed E-state index contributed by atoms with van der Waals surface area (Å²) >= 11 is 0. The van der Waals surface area contributed by atoms with Crippen molar-refractivity contribution in [3.63, 3.8) is 0 Å². The molecule has 0 bridgehead atoms. The van der Waals surface area contributed by atoms with E-state index >= 15 is 0 Å². The zero-order valence-electron chi connectivity index (χ0n) is 18.1. The first-order valence-electron chi connectivity index (χ1n) is 10.8.